The predicted molar refractivity (Wildman–Crippen MR) is 106 cm³/mol. The summed E-state index contributed by atoms with van der Waals surface area (Å²) in [6.45, 7) is 6.29. The van der Waals surface area contributed by atoms with Crippen LogP contribution in [0.5, 0.6) is 0 Å². The van der Waals surface area contributed by atoms with Crippen LogP contribution >= 0.6 is 0 Å². The van der Waals surface area contributed by atoms with Gasteiger partial charge in [-0.15, -0.1) is 0 Å². The fraction of sp³-hybridized carbons (Fsp3) is 0.500. The van der Waals surface area contributed by atoms with Gasteiger partial charge in [-0.25, -0.2) is 0 Å². The summed E-state index contributed by atoms with van der Waals surface area (Å²) < 4.78 is 1.96. The number of hydrogen-bond donors (Lipinski definition) is 1. The van der Waals surface area contributed by atoms with E-state index >= 15 is 0 Å². The van der Waals surface area contributed by atoms with Gasteiger partial charge in [0, 0.05) is 18.9 Å². The molecule has 0 spiro atoms. The molecule has 6 nitrogen and oxygen atoms in total. The van der Waals surface area contributed by atoms with Gasteiger partial charge in [-0.2, -0.15) is 5.10 Å². The summed E-state index contributed by atoms with van der Waals surface area (Å²) in [7, 11) is 0. The van der Waals surface area contributed by atoms with Crippen molar-refractivity contribution >= 4 is 11.8 Å². The minimum Gasteiger partial charge on any atom is -0.350 e. The van der Waals surface area contributed by atoms with Crippen molar-refractivity contribution in [3.63, 3.8) is 0 Å². The second-order valence-corrected chi connectivity index (χ2v) is 8.18. The van der Waals surface area contributed by atoms with E-state index in [0.29, 0.717) is 38.5 Å². The van der Waals surface area contributed by atoms with E-state index < -0.39 is 0 Å². The molecular formula is C22H28N4O2. The van der Waals surface area contributed by atoms with E-state index in [4.69, 9.17) is 0 Å². The van der Waals surface area contributed by atoms with Crippen LogP contribution in [-0.4, -0.2) is 33.0 Å². The molecule has 2 aromatic rings. The summed E-state index contributed by atoms with van der Waals surface area (Å²) in [4.78, 5) is 26.6. The summed E-state index contributed by atoms with van der Waals surface area (Å²) in [5.41, 5.74) is 4.59. The van der Waals surface area contributed by atoms with Gasteiger partial charge in [0.2, 0.25) is 11.8 Å². The van der Waals surface area contributed by atoms with Gasteiger partial charge >= 0.3 is 0 Å². The first-order chi connectivity index (χ1) is 13.5. The lowest BCUT2D eigenvalue weighted by molar-refractivity contribution is -0.136. The van der Waals surface area contributed by atoms with Crippen molar-refractivity contribution in [3.05, 3.63) is 52.8 Å². The van der Waals surface area contributed by atoms with Gasteiger partial charge in [-0.1, -0.05) is 38.1 Å². The Morgan fingerprint density at radius 3 is 2.89 bits per heavy atom. The largest absolute Gasteiger partial charge is 0.350 e. The Bertz CT molecular complexity index is 886. The molecule has 1 aromatic carbocycles. The lowest BCUT2D eigenvalue weighted by Crippen LogP contribution is -2.40. The van der Waals surface area contributed by atoms with E-state index in [2.05, 4.69) is 34.7 Å². The Hall–Kier alpha value is -2.63. The molecule has 1 atom stereocenters. The molecule has 4 rings (SSSR count). The highest BCUT2D eigenvalue weighted by atomic mass is 16.2. The number of rotatable bonds is 5. The summed E-state index contributed by atoms with van der Waals surface area (Å²) in [5, 5.41) is 7.62. The molecule has 1 N–H and O–H groups in total. The number of hydrogen-bond acceptors (Lipinski definition) is 3. The molecule has 0 saturated heterocycles. The lowest BCUT2D eigenvalue weighted by Gasteiger charge is -2.29. The number of nitrogens with one attached hydrogen (secondary N) is 1. The normalized spacial score (nSPS) is 18.1. The van der Waals surface area contributed by atoms with Crippen molar-refractivity contribution < 1.29 is 9.59 Å². The van der Waals surface area contributed by atoms with E-state index in [1.54, 1.807) is 0 Å². The molecule has 2 aliphatic rings. The van der Waals surface area contributed by atoms with Crippen molar-refractivity contribution in [2.75, 3.05) is 6.54 Å². The Balaban J connectivity index is 1.32. The third-order valence-corrected chi connectivity index (χ3v) is 5.81. The number of aromatic nitrogens is 2. The lowest BCUT2D eigenvalue weighted by atomic mass is 9.97. The average Bonchev–Trinajstić information content (AvgIpc) is 3.29. The van der Waals surface area contributed by atoms with Gasteiger partial charge in [0.1, 0.15) is 0 Å². The molecule has 1 aliphatic heterocycles. The topological polar surface area (TPSA) is 67.2 Å². The summed E-state index contributed by atoms with van der Waals surface area (Å²) >= 11 is 0. The Morgan fingerprint density at radius 2 is 2.07 bits per heavy atom. The molecule has 2 amide bonds. The number of carbonyl (C=O) groups is 2. The van der Waals surface area contributed by atoms with Crippen LogP contribution in [0.2, 0.25) is 0 Å². The van der Waals surface area contributed by atoms with Gasteiger partial charge in [-0.3, -0.25) is 14.3 Å². The Morgan fingerprint density at radius 1 is 1.25 bits per heavy atom. The van der Waals surface area contributed by atoms with Gasteiger partial charge < -0.3 is 10.2 Å². The zero-order chi connectivity index (χ0) is 19.7. The minimum absolute atomic E-state index is 0.00829. The van der Waals surface area contributed by atoms with Crippen molar-refractivity contribution in [1.29, 1.82) is 0 Å². The summed E-state index contributed by atoms with van der Waals surface area (Å²) in [5.74, 6) is 0.583. The first kappa shape index (κ1) is 18.7. The van der Waals surface area contributed by atoms with E-state index in [9.17, 15) is 9.59 Å². The number of fused-ring (bicyclic) bond motifs is 2. The molecule has 0 bridgehead atoms. The smallest absolute Gasteiger partial charge is 0.225 e. The molecule has 0 fully saturated rings. The summed E-state index contributed by atoms with van der Waals surface area (Å²) in [6.07, 6.45) is 2.64. The van der Waals surface area contributed by atoms with Crippen LogP contribution < -0.4 is 5.32 Å². The van der Waals surface area contributed by atoms with Crippen LogP contribution in [0.25, 0.3) is 0 Å². The van der Waals surface area contributed by atoms with E-state index in [1.807, 2.05) is 29.5 Å². The monoisotopic (exact) mass is 380 g/mol. The number of benzene rings is 1. The highest BCUT2D eigenvalue weighted by molar-refractivity contribution is 5.78. The molecule has 0 unspecified atom stereocenters. The maximum atomic E-state index is 12.4. The van der Waals surface area contributed by atoms with E-state index in [1.165, 1.54) is 11.1 Å². The van der Waals surface area contributed by atoms with Crippen LogP contribution in [0.15, 0.2) is 30.3 Å². The first-order valence-electron chi connectivity index (χ1n) is 10.2. The maximum Gasteiger partial charge on any atom is 0.225 e. The Labute approximate surface area is 165 Å². The molecular weight excluding hydrogens is 352 g/mol. The number of nitrogens with zero attached hydrogens (tertiary/aromatic N) is 3. The zero-order valence-corrected chi connectivity index (χ0v) is 16.6. The summed E-state index contributed by atoms with van der Waals surface area (Å²) in [6, 6.07) is 10.4. The quantitative estimate of drug-likeness (QED) is 0.867. The average molecular weight is 380 g/mol. The Kier molecular flexibility index (Phi) is 5.20. The fourth-order valence-electron chi connectivity index (χ4n) is 4.31. The standard InChI is InChI=1S/C22H28N4O2/c1-15(2)22(28)25-9-10-26-19(14-25)12-18(24-26)13-23-21(27)11-17-8-7-16-5-3-4-6-20(16)17/h3-6,12,15,17H,7-11,13-14H2,1-2H3,(H,23,27)/t17-/m0/s1. The second-order valence-electron chi connectivity index (χ2n) is 8.18. The van der Waals surface area contributed by atoms with Gasteiger partial charge in [0.25, 0.3) is 0 Å². The molecule has 28 heavy (non-hydrogen) atoms. The first-order valence-corrected chi connectivity index (χ1v) is 10.2. The van der Waals surface area contributed by atoms with Crippen LogP contribution in [-0.2, 0) is 35.6 Å². The fourth-order valence-corrected chi connectivity index (χ4v) is 4.31. The molecule has 148 valence electrons. The highest BCUT2D eigenvalue weighted by Gasteiger charge is 2.25. The van der Waals surface area contributed by atoms with Crippen molar-refractivity contribution in [3.8, 4) is 0 Å². The van der Waals surface area contributed by atoms with Crippen LogP contribution in [0.3, 0.4) is 0 Å². The molecule has 1 aromatic heterocycles. The van der Waals surface area contributed by atoms with Crippen LogP contribution in [0, 0.1) is 5.92 Å². The molecule has 2 heterocycles. The van der Waals surface area contributed by atoms with Gasteiger partial charge in [0.15, 0.2) is 0 Å². The third kappa shape index (κ3) is 3.81. The second kappa shape index (κ2) is 7.78. The third-order valence-electron chi connectivity index (χ3n) is 5.81. The molecule has 0 radical (unpaired) electrons. The maximum absolute atomic E-state index is 12.4. The SMILES string of the molecule is CC(C)C(=O)N1CCn2nc(CNC(=O)C[C@@H]3CCc4ccccc43)cc2C1. The van der Waals surface area contributed by atoms with Gasteiger partial charge in [-0.05, 0) is 36.0 Å². The number of aryl methyl sites for hydroxylation is 1. The number of carbonyl (C=O) groups excluding carboxylic acids is 2. The van der Waals surface area contributed by atoms with Crippen molar-refractivity contribution in [2.45, 2.75) is 58.7 Å². The molecule has 1 aliphatic carbocycles. The highest BCUT2D eigenvalue weighted by Crippen LogP contribution is 2.35. The van der Waals surface area contributed by atoms with Crippen LogP contribution in [0.4, 0.5) is 0 Å². The number of amides is 2. The molecule has 0 saturated carbocycles. The van der Waals surface area contributed by atoms with E-state index in [-0.39, 0.29) is 17.7 Å². The van der Waals surface area contributed by atoms with Gasteiger partial charge in [0.05, 0.1) is 31.0 Å². The van der Waals surface area contributed by atoms with E-state index in [0.717, 1.165) is 24.2 Å². The minimum atomic E-state index is 0.00829. The zero-order valence-electron chi connectivity index (χ0n) is 16.6. The molecule has 6 heteroatoms. The van der Waals surface area contributed by atoms with Crippen molar-refractivity contribution in [2.24, 2.45) is 5.92 Å². The van der Waals surface area contributed by atoms with Crippen molar-refractivity contribution in [1.82, 2.24) is 20.0 Å². The van der Waals surface area contributed by atoms with Crippen LogP contribution in [0.1, 0.15) is 55.1 Å². The predicted octanol–water partition coefficient (Wildman–Crippen LogP) is 2.62.